The average Bonchev–Trinajstić information content (AvgIpc) is 2.88. The Bertz CT molecular complexity index is 568. The van der Waals surface area contributed by atoms with Crippen LogP contribution in [0.2, 0.25) is 0 Å². The molecule has 20 heavy (non-hydrogen) atoms. The number of aliphatic carboxylic acids is 1. The topological polar surface area (TPSA) is 53.4 Å². The summed E-state index contributed by atoms with van der Waals surface area (Å²) in [7, 11) is 1.82. The number of aromatic nitrogens is 1. The van der Waals surface area contributed by atoms with Crippen LogP contribution in [0.3, 0.4) is 0 Å². The molecule has 1 aromatic carbocycles. The third kappa shape index (κ3) is 3.43. The Morgan fingerprint density at radius 1 is 1.40 bits per heavy atom. The second-order valence-corrected chi connectivity index (χ2v) is 5.55. The van der Waals surface area contributed by atoms with Gasteiger partial charge in [-0.2, -0.15) is 0 Å². The van der Waals surface area contributed by atoms with Crippen LogP contribution in [0.25, 0.3) is 10.6 Å². The SMILES string of the molecule is CCC(C(=O)O)N(C)Cc1csc(-c2ccccc2)n1. The summed E-state index contributed by atoms with van der Waals surface area (Å²) in [6.07, 6.45) is 0.585. The van der Waals surface area contributed by atoms with Gasteiger partial charge in [0.1, 0.15) is 11.0 Å². The van der Waals surface area contributed by atoms with Crippen LogP contribution in [0, 0.1) is 0 Å². The summed E-state index contributed by atoms with van der Waals surface area (Å²) < 4.78 is 0. The molecule has 2 aromatic rings. The lowest BCUT2D eigenvalue weighted by Gasteiger charge is -2.22. The predicted molar refractivity (Wildman–Crippen MR) is 80.7 cm³/mol. The summed E-state index contributed by atoms with van der Waals surface area (Å²) in [5, 5.41) is 12.1. The third-order valence-corrected chi connectivity index (χ3v) is 4.13. The molecular formula is C15H18N2O2S. The number of carbonyl (C=O) groups is 1. The van der Waals surface area contributed by atoms with E-state index < -0.39 is 12.0 Å². The van der Waals surface area contributed by atoms with E-state index in [-0.39, 0.29) is 0 Å². The molecule has 0 aliphatic carbocycles. The van der Waals surface area contributed by atoms with Crippen molar-refractivity contribution in [2.75, 3.05) is 7.05 Å². The van der Waals surface area contributed by atoms with Crippen LogP contribution in [0.4, 0.5) is 0 Å². The monoisotopic (exact) mass is 290 g/mol. The summed E-state index contributed by atoms with van der Waals surface area (Å²) in [6.45, 7) is 2.43. The van der Waals surface area contributed by atoms with Crippen molar-refractivity contribution < 1.29 is 9.90 Å². The first-order valence-corrected chi connectivity index (χ1v) is 7.42. The third-order valence-electron chi connectivity index (χ3n) is 3.19. The van der Waals surface area contributed by atoms with Crippen LogP contribution < -0.4 is 0 Å². The second-order valence-electron chi connectivity index (χ2n) is 4.69. The molecule has 0 aliphatic heterocycles. The Balaban J connectivity index is 2.08. The van der Waals surface area contributed by atoms with Crippen molar-refractivity contribution in [3.05, 3.63) is 41.4 Å². The first-order chi connectivity index (χ1) is 9.61. The number of hydrogen-bond donors (Lipinski definition) is 1. The molecule has 0 saturated heterocycles. The minimum atomic E-state index is -0.784. The van der Waals surface area contributed by atoms with Crippen molar-refractivity contribution in [2.24, 2.45) is 0 Å². The molecule has 4 nitrogen and oxygen atoms in total. The van der Waals surface area contributed by atoms with E-state index in [1.807, 2.05) is 54.6 Å². The number of thiazole rings is 1. The van der Waals surface area contributed by atoms with Gasteiger partial charge in [-0.3, -0.25) is 9.69 Å². The number of carboxylic acid groups (broad SMARTS) is 1. The van der Waals surface area contributed by atoms with E-state index in [0.717, 1.165) is 16.3 Å². The Morgan fingerprint density at radius 3 is 2.70 bits per heavy atom. The molecule has 1 unspecified atom stereocenters. The van der Waals surface area contributed by atoms with E-state index >= 15 is 0 Å². The first kappa shape index (κ1) is 14.7. The van der Waals surface area contributed by atoms with Gasteiger partial charge in [-0.1, -0.05) is 37.3 Å². The normalized spacial score (nSPS) is 12.6. The van der Waals surface area contributed by atoms with Gasteiger partial charge in [-0.25, -0.2) is 4.98 Å². The van der Waals surface area contributed by atoms with Crippen molar-refractivity contribution in [3.8, 4) is 10.6 Å². The van der Waals surface area contributed by atoms with Crippen molar-refractivity contribution in [2.45, 2.75) is 25.9 Å². The molecule has 1 aromatic heterocycles. The molecule has 1 heterocycles. The van der Waals surface area contributed by atoms with Crippen molar-refractivity contribution >= 4 is 17.3 Å². The van der Waals surface area contributed by atoms with Gasteiger partial charge in [0.15, 0.2) is 0 Å². The van der Waals surface area contributed by atoms with Crippen LogP contribution >= 0.6 is 11.3 Å². The van der Waals surface area contributed by atoms with E-state index in [2.05, 4.69) is 4.98 Å². The largest absolute Gasteiger partial charge is 0.480 e. The lowest BCUT2D eigenvalue weighted by Crippen LogP contribution is -2.37. The molecule has 2 rings (SSSR count). The molecule has 0 fully saturated rings. The number of carboxylic acids is 1. The number of likely N-dealkylation sites (N-methyl/N-ethyl adjacent to an activating group) is 1. The van der Waals surface area contributed by atoms with Gasteiger partial charge in [0.25, 0.3) is 0 Å². The number of nitrogens with zero attached hydrogens (tertiary/aromatic N) is 2. The molecule has 0 saturated carbocycles. The summed E-state index contributed by atoms with van der Waals surface area (Å²) in [5.74, 6) is -0.784. The number of rotatable bonds is 6. The lowest BCUT2D eigenvalue weighted by atomic mass is 10.2. The fourth-order valence-corrected chi connectivity index (χ4v) is 2.95. The Morgan fingerprint density at radius 2 is 2.10 bits per heavy atom. The van der Waals surface area contributed by atoms with E-state index in [0.29, 0.717) is 13.0 Å². The molecular weight excluding hydrogens is 272 g/mol. The van der Waals surface area contributed by atoms with E-state index in [4.69, 9.17) is 5.11 Å². The van der Waals surface area contributed by atoms with Crippen molar-refractivity contribution in [1.82, 2.24) is 9.88 Å². The molecule has 0 radical (unpaired) electrons. The summed E-state index contributed by atoms with van der Waals surface area (Å²) in [6, 6.07) is 9.54. The Labute approximate surface area is 122 Å². The maximum Gasteiger partial charge on any atom is 0.320 e. The first-order valence-electron chi connectivity index (χ1n) is 6.54. The molecule has 1 atom stereocenters. The maximum absolute atomic E-state index is 11.1. The van der Waals surface area contributed by atoms with Gasteiger partial charge in [0, 0.05) is 17.5 Å². The summed E-state index contributed by atoms with van der Waals surface area (Å²) >= 11 is 1.59. The zero-order chi connectivity index (χ0) is 14.5. The highest BCUT2D eigenvalue weighted by molar-refractivity contribution is 7.13. The highest BCUT2D eigenvalue weighted by atomic mass is 32.1. The highest BCUT2D eigenvalue weighted by Gasteiger charge is 2.21. The van der Waals surface area contributed by atoms with Crippen molar-refractivity contribution in [1.29, 1.82) is 0 Å². The lowest BCUT2D eigenvalue weighted by molar-refractivity contribution is -0.143. The van der Waals surface area contributed by atoms with Crippen LogP contribution in [0.5, 0.6) is 0 Å². The molecule has 106 valence electrons. The van der Waals surface area contributed by atoms with Crippen LogP contribution in [-0.2, 0) is 11.3 Å². The van der Waals surface area contributed by atoms with Gasteiger partial charge in [-0.05, 0) is 13.5 Å². The molecule has 5 heteroatoms. The van der Waals surface area contributed by atoms with Crippen molar-refractivity contribution in [3.63, 3.8) is 0 Å². The van der Waals surface area contributed by atoms with E-state index in [1.54, 1.807) is 11.3 Å². The van der Waals surface area contributed by atoms with Crippen LogP contribution in [0.1, 0.15) is 19.0 Å². The fourth-order valence-electron chi connectivity index (χ4n) is 2.13. The number of benzene rings is 1. The Hall–Kier alpha value is -1.72. The zero-order valence-electron chi connectivity index (χ0n) is 11.6. The Kier molecular flexibility index (Phi) is 4.87. The summed E-state index contributed by atoms with van der Waals surface area (Å²) in [4.78, 5) is 17.5. The van der Waals surface area contributed by atoms with E-state index in [1.165, 1.54) is 0 Å². The quantitative estimate of drug-likeness (QED) is 0.888. The molecule has 1 N–H and O–H groups in total. The molecule has 0 aliphatic rings. The van der Waals surface area contributed by atoms with Gasteiger partial charge in [0.05, 0.1) is 5.69 Å². The van der Waals surface area contributed by atoms with Gasteiger partial charge >= 0.3 is 5.97 Å². The minimum absolute atomic E-state index is 0.461. The van der Waals surface area contributed by atoms with Crippen LogP contribution in [-0.4, -0.2) is 34.0 Å². The average molecular weight is 290 g/mol. The molecule has 0 amide bonds. The summed E-state index contributed by atoms with van der Waals surface area (Å²) in [5.41, 5.74) is 2.01. The van der Waals surface area contributed by atoms with E-state index in [9.17, 15) is 4.79 Å². The predicted octanol–water partition coefficient (Wildman–Crippen LogP) is 3.11. The van der Waals surface area contributed by atoms with Gasteiger partial charge < -0.3 is 5.11 Å². The zero-order valence-corrected chi connectivity index (χ0v) is 12.4. The standard InChI is InChI=1S/C15H18N2O2S/c1-3-13(15(18)19)17(2)9-12-10-20-14(16-12)11-7-5-4-6-8-11/h4-8,10,13H,3,9H2,1-2H3,(H,18,19). The second kappa shape index (κ2) is 6.63. The smallest absolute Gasteiger partial charge is 0.320 e. The van der Waals surface area contributed by atoms with Gasteiger partial charge in [-0.15, -0.1) is 11.3 Å². The van der Waals surface area contributed by atoms with Gasteiger partial charge in [0.2, 0.25) is 0 Å². The fraction of sp³-hybridized carbons (Fsp3) is 0.333. The molecule has 0 bridgehead atoms. The minimum Gasteiger partial charge on any atom is -0.480 e. The van der Waals surface area contributed by atoms with Crippen LogP contribution in [0.15, 0.2) is 35.7 Å². The highest BCUT2D eigenvalue weighted by Crippen LogP contribution is 2.24. The number of hydrogen-bond acceptors (Lipinski definition) is 4. The molecule has 0 spiro atoms. The maximum atomic E-state index is 11.1.